The SMILES string of the molecule is O=C(OC(C(=O)c1ccccc1)c1ccccc1)c1cccc(CN2CCCC2=O)c1. The van der Waals surface area contributed by atoms with E-state index in [2.05, 4.69) is 0 Å². The molecule has 1 saturated heterocycles. The van der Waals surface area contributed by atoms with Gasteiger partial charge in [0.05, 0.1) is 5.56 Å². The van der Waals surface area contributed by atoms with Crippen LogP contribution >= 0.6 is 0 Å². The molecule has 0 bridgehead atoms. The van der Waals surface area contributed by atoms with Crippen LogP contribution in [0.15, 0.2) is 84.9 Å². The fraction of sp³-hybridized carbons (Fsp3) is 0.192. The van der Waals surface area contributed by atoms with E-state index in [-0.39, 0.29) is 11.7 Å². The number of benzene rings is 3. The van der Waals surface area contributed by atoms with E-state index in [0.29, 0.717) is 29.7 Å². The van der Waals surface area contributed by atoms with Crippen LogP contribution in [-0.4, -0.2) is 29.1 Å². The minimum atomic E-state index is -1.04. The summed E-state index contributed by atoms with van der Waals surface area (Å²) in [7, 11) is 0. The molecule has 156 valence electrons. The van der Waals surface area contributed by atoms with Gasteiger partial charge in [0.25, 0.3) is 0 Å². The van der Waals surface area contributed by atoms with Crippen LogP contribution in [0.5, 0.6) is 0 Å². The lowest BCUT2D eigenvalue weighted by atomic mass is 9.99. The number of Topliss-reactive ketones (excluding diaryl/α,β-unsaturated/α-hetero) is 1. The zero-order chi connectivity index (χ0) is 21.6. The van der Waals surface area contributed by atoms with Crippen LogP contribution in [0.2, 0.25) is 0 Å². The average Bonchev–Trinajstić information content (AvgIpc) is 3.22. The number of amides is 1. The first-order chi connectivity index (χ1) is 15.1. The van der Waals surface area contributed by atoms with Gasteiger partial charge in [-0.3, -0.25) is 9.59 Å². The standard InChI is InChI=1S/C26H23NO4/c28-23-15-8-16-27(23)18-19-9-7-14-22(17-19)26(30)31-25(21-12-5-2-6-13-21)24(29)20-10-3-1-4-11-20/h1-7,9-14,17,25H,8,15-16,18H2. The van der Waals surface area contributed by atoms with Crippen molar-refractivity contribution in [2.24, 2.45) is 0 Å². The van der Waals surface area contributed by atoms with Crippen molar-refractivity contribution in [2.75, 3.05) is 6.54 Å². The summed E-state index contributed by atoms with van der Waals surface area (Å²) in [6.45, 7) is 1.19. The highest BCUT2D eigenvalue weighted by molar-refractivity contribution is 6.02. The summed E-state index contributed by atoms with van der Waals surface area (Å²) in [6, 6.07) is 24.8. The molecule has 1 atom stereocenters. The van der Waals surface area contributed by atoms with Crippen molar-refractivity contribution in [1.82, 2.24) is 4.90 Å². The Bertz CT molecular complexity index is 1080. The number of ketones is 1. The van der Waals surface area contributed by atoms with E-state index < -0.39 is 12.1 Å². The molecule has 31 heavy (non-hydrogen) atoms. The zero-order valence-electron chi connectivity index (χ0n) is 17.1. The van der Waals surface area contributed by atoms with E-state index in [1.165, 1.54) is 0 Å². The number of esters is 1. The molecule has 5 nitrogen and oxygen atoms in total. The van der Waals surface area contributed by atoms with E-state index >= 15 is 0 Å². The van der Waals surface area contributed by atoms with E-state index in [1.54, 1.807) is 59.5 Å². The molecule has 0 radical (unpaired) electrons. The average molecular weight is 413 g/mol. The van der Waals surface area contributed by atoms with Crippen LogP contribution in [0.1, 0.15) is 50.8 Å². The molecule has 4 rings (SSSR count). The minimum Gasteiger partial charge on any atom is -0.445 e. The number of hydrogen-bond acceptors (Lipinski definition) is 4. The third-order valence-electron chi connectivity index (χ3n) is 5.33. The number of nitrogens with zero attached hydrogens (tertiary/aromatic N) is 1. The highest BCUT2D eigenvalue weighted by atomic mass is 16.5. The predicted molar refractivity (Wildman–Crippen MR) is 116 cm³/mol. The van der Waals surface area contributed by atoms with Gasteiger partial charge in [-0.1, -0.05) is 72.8 Å². The van der Waals surface area contributed by atoms with Gasteiger partial charge in [-0.2, -0.15) is 0 Å². The molecule has 1 aliphatic rings. The van der Waals surface area contributed by atoms with Gasteiger partial charge in [-0.25, -0.2) is 4.79 Å². The minimum absolute atomic E-state index is 0.130. The second kappa shape index (κ2) is 9.39. The molecule has 1 unspecified atom stereocenters. The number of hydrogen-bond donors (Lipinski definition) is 0. The molecule has 1 aliphatic heterocycles. The summed E-state index contributed by atoms with van der Waals surface area (Å²) in [5, 5.41) is 0. The quantitative estimate of drug-likeness (QED) is 0.420. The smallest absolute Gasteiger partial charge is 0.339 e. The van der Waals surface area contributed by atoms with Gasteiger partial charge >= 0.3 is 5.97 Å². The molecule has 0 aliphatic carbocycles. The van der Waals surface area contributed by atoms with Gasteiger partial charge in [-0.05, 0) is 24.1 Å². The molecule has 0 N–H and O–H groups in total. The third kappa shape index (κ3) is 4.89. The number of likely N-dealkylation sites (tertiary alicyclic amines) is 1. The predicted octanol–water partition coefficient (Wildman–Crippen LogP) is 4.59. The molecular formula is C26H23NO4. The highest BCUT2D eigenvalue weighted by Gasteiger charge is 2.27. The van der Waals surface area contributed by atoms with Gasteiger partial charge in [0.1, 0.15) is 0 Å². The van der Waals surface area contributed by atoms with Crippen molar-refractivity contribution in [1.29, 1.82) is 0 Å². The number of carbonyl (C=O) groups is 3. The Morgan fingerprint density at radius 3 is 2.23 bits per heavy atom. The molecule has 3 aromatic rings. The monoisotopic (exact) mass is 413 g/mol. The van der Waals surface area contributed by atoms with Crippen LogP contribution in [0.25, 0.3) is 0 Å². The Hall–Kier alpha value is -3.73. The molecule has 1 amide bonds. The Labute approximate surface area is 181 Å². The Morgan fingerprint density at radius 2 is 1.55 bits per heavy atom. The van der Waals surface area contributed by atoms with Gasteiger partial charge < -0.3 is 9.64 Å². The van der Waals surface area contributed by atoms with Gasteiger partial charge in [0.2, 0.25) is 11.7 Å². The first kappa shape index (κ1) is 20.5. The Kier molecular flexibility index (Phi) is 6.22. The van der Waals surface area contributed by atoms with E-state index in [1.807, 2.05) is 30.3 Å². The molecule has 1 fully saturated rings. The molecule has 5 heteroatoms. The number of rotatable bonds is 7. The van der Waals surface area contributed by atoms with Crippen molar-refractivity contribution in [3.05, 3.63) is 107 Å². The maximum absolute atomic E-state index is 13.1. The second-order valence-electron chi connectivity index (χ2n) is 7.55. The molecule has 3 aromatic carbocycles. The largest absolute Gasteiger partial charge is 0.445 e. The highest BCUT2D eigenvalue weighted by Crippen LogP contribution is 2.24. The van der Waals surface area contributed by atoms with Crippen molar-refractivity contribution < 1.29 is 19.1 Å². The topological polar surface area (TPSA) is 63.7 Å². The van der Waals surface area contributed by atoms with Gasteiger partial charge in [-0.15, -0.1) is 0 Å². The van der Waals surface area contributed by atoms with Crippen LogP contribution in [0, 0.1) is 0 Å². The fourth-order valence-electron chi connectivity index (χ4n) is 3.72. The second-order valence-corrected chi connectivity index (χ2v) is 7.55. The summed E-state index contributed by atoms with van der Waals surface area (Å²) in [5.74, 6) is -0.725. The molecule has 0 aromatic heterocycles. The van der Waals surface area contributed by atoms with Gasteiger partial charge in [0.15, 0.2) is 6.10 Å². The summed E-state index contributed by atoms with van der Waals surface area (Å²) < 4.78 is 5.72. The number of ether oxygens (including phenoxy) is 1. The molecule has 0 saturated carbocycles. The molecule has 0 spiro atoms. The Morgan fingerprint density at radius 1 is 0.871 bits per heavy atom. The Balaban J connectivity index is 1.56. The van der Waals surface area contributed by atoms with Crippen LogP contribution in [0.4, 0.5) is 0 Å². The third-order valence-corrected chi connectivity index (χ3v) is 5.33. The van der Waals surface area contributed by atoms with Crippen LogP contribution in [-0.2, 0) is 16.1 Å². The van der Waals surface area contributed by atoms with Crippen LogP contribution in [0.3, 0.4) is 0 Å². The molecular weight excluding hydrogens is 390 g/mol. The first-order valence-corrected chi connectivity index (χ1v) is 10.3. The lowest BCUT2D eigenvalue weighted by Gasteiger charge is -2.18. The first-order valence-electron chi connectivity index (χ1n) is 10.3. The van der Waals surface area contributed by atoms with Crippen LogP contribution < -0.4 is 0 Å². The summed E-state index contributed by atoms with van der Waals surface area (Å²) >= 11 is 0. The van der Waals surface area contributed by atoms with Gasteiger partial charge in [0, 0.05) is 30.6 Å². The van der Waals surface area contributed by atoms with E-state index in [9.17, 15) is 14.4 Å². The normalized spacial score (nSPS) is 14.3. The van der Waals surface area contributed by atoms with E-state index in [0.717, 1.165) is 18.5 Å². The maximum Gasteiger partial charge on any atom is 0.339 e. The fourth-order valence-corrected chi connectivity index (χ4v) is 3.72. The summed E-state index contributed by atoms with van der Waals surface area (Å²) in [5.41, 5.74) is 2.30. The number of carbonyl (C=O) groups excluding carboxylic acids is 3. The lowest BCUT2D eigenvalue weighted by molar-refractivity contribution is -0.128. The van der Waals surface area contributed by atoms with Crippen molar-refractivity contribution >= 4 is 17.7 Å². The van der Waals surface area contributed by atoms with Crippen molar-refractivity contribution in [2.45, 2.75) is 25.5 Å². The maximum atomic E-state index is 13.1. The van der Waals surface area contributed by atoms with Crippen molar-refractivity contribution in [3.63, 3.8) is 0 Å². The van der Waals surface area contributed by atoms with E-state index in [4.69, 9.17) is 4.74 Å². The summed E-state index contributed by atoms with van der Waals surface area (Å²) in [4.78, 5) is 39.8. The van der Waals surface area contributed by atoms with Crippen molar-refractivity contribution in [3.8, 4) is 0 Å². The zero-order valence-corrected chi connectivity index (χ0v) is 17.1. The summed E-state index contributed by atoms with van der Waals surface area (Å²) in [6.07, 6.45) is 0.392. The lowest BCUT2D eigenvalue weighted by Crippen LogP contribution is -2.24. The molecule has 1 heterocycles.